The summed E-state index contributed by atoms with van der Waals surface area (Å²) >= 11 is 0. The second-order valence-corrected chi connectivity index (χ2v) is 6.93. The van der Waals surface area contributed by atoms with Crippen molar-refractivity contribution in [2.45, 2.75) is 25.8 Å². The van der Waals surface area contributed by atoms with Gasteiger partial charge in [0.15, 0.2) is 0 Å². The smallest absolute Gasteiger partial charge is 0.282 e. The first-order chi connectivity index (χ1) is 8.57. The van der Waals surface area contributed by atoms with Crippen molar-refractivity contribution >= 4 is 10.2 Å². The van der Waals surface area contributed by atoms with Crippen LogP contribution in [0.2, 0.25) is 0 Å². The zero-order chi connectivity index (χ0) is 13.2. The van der Waals surface area contributed by atoms with E-state index in [0.717, 1.165) is 12.8 Å². The highest BCUT2D eigenvalue weighted by Crippen LogP contribution is 2.26. The number of piperidine rings is 1. The van der Waals surface area contributed by atoms with Crippen LogP contribution in [0.1, 0.15) is 19.8 Å². The van der Waals surface area contributed by atoms with Gasteiger partial charge in [0.25, 0.3) is 10.2 Å². The highest BCUT2D eigenvalue weighted by molar-refractivity contribution is 7.86. The molecule has 0 aromatic carbocycles. The number of morpholine rings is 1. The quantitative estimate of drug-likeness (QED) is 0.763. The molecule has 2 aliphatic heterocycles. The molecule has 0 aromatic rings. The Morgan fingerprint density at radius 3 is 2.56 bits per heavy atom. The summed E-state index contributed by atoms with van der Waals surface area (Å²) in [5.74, 6) is 0.333. The molecule has 18 heavy (non-hydrogen) atoms. The third kappa shape index (κ3) is 2.70. The van der Waals surface area contributed by atoms with Crippen LogP contribution >= 0.6 is 0 Å². The van der Waals surface area contributed by atoms with E-state index >= 15 is 0 Å². The molecule has 2 N–H and O–H groups in total. The first-order valence-corrected chi connectivity index (χ1v) is 8.02. The lowest BCUT2D eigenvalue weighted by Gasteiger charge is -2.41. The van der Waals surface area contributed by atoms with Gasteiger partial charge >= 0.3 is 0 Å². The molecule has 0 saturated carbocycles. The summed E-state index contributed by atoms with van der Waals surface area (Å²) in [4.78, 5) is 0. The van der Waals surface area contributed by atoms with E-state index in [1.54, 1.807) is 4.31 Å². The van der Waals surface area contributed by atoms with Crippen LogP contribution in [0.25, 0.3) is 0 Å². The molecule has 7 heteroatoms. The fraction of sp³-hybridized carbons (Fsp3) is 1.00. The minimum Gasteiger partial charge on any atom is -0.379 e. The lowest BCUT2D eigenvalue weighted by molar-refractivity contribution is 0.0668. The predicted molar refractivity (Wildman–Crippen MR) is 69.3 cm³/mol. The van der Waals surface area contributed by atoms with Crippen LogP contribution in [-0.2, 0) is 14.9 Å². The van der Waals surface area contributed by atoms with Gasteiger partial charge in [-0.3, -0.25) is 0 Å². The van der Waals surface area contributed by atoms with Gasteiger partial charge in [-0.25, -0.2) is 0 Å². The Morgan fingerprint density at radius 2 is 1.94 bits per heavy atom. The Morgan fingerprint density at radius 1 is 1.28 bits per heavy atom. The van der Waals surface area contributed by atoms with Gasteiger partial charge in [-0.05, 0) is 18.8 Å². The zero-order valence-corrected chi connectivity index (χ0v) is 11.7. The van der Waals surface area contributed by atoms with Crippen LogP contribution < -0.4 is 5.73 Å². The van der Waals surface area contributed by atoms with Crippen LogP contribution in [0, 0.1) is 5.92 Å². The number of hydrogen-bond donors (Lipinski definition) is 1. The molecular weight excluding hydrogens is 254 g/mol. The average molecular weight is 277 g/mol. The number of rotatable bonds is 3. The Labute approximate surface area is 109 Å². The van der Waals surface area contributed by atoms with E-state index in [2.05, 4.69) is 6.92 Å². The molecule has 0 radical (unpaired) electrons. The summed E-state index contributed by atoms with van der Waals surface area (Å²) in [5.41, 5.74) is 5.76. The maximum absolute atomic E-state index is 12.6. The summed E-state index contributed by atoms with van der Waals surface area (Å²) < 4.78 is 33.5. The molecule has 0 amide bonds. The Hall–Kier alpha value is -0.210. The van der Waals surface area contributed by atoms with Gasteiger partial charge in [-0.15, -0.1) is 0 Å². The van der Waals surface area contributed by atoms with Crippen molar-refractivity contribution < 1.29 is 13.2 Å². The van der Waals surface area contributed by atoms with E-state index in [1.165, 1.54) is 4.31 Å². The first-order valence-electron chi connectivity index (χ1n) is 6.62. The second kappa shape index (κ2) is 5.83. The van der Waals surface area contributed by atoms with E-state index in [4.69, 9.17) is 10.5 Å². The van der Waals surface area contributed by atoms with Crippen molar-refractivity contribution in [3.05, 3.63) is 0 Å². The van der Waals surface area contributed by atoms with E-state index in [-0.39, 0.29) is 6.04 Å². The maximum Gasteiger partial charge on any atom is 0.282 e. The van der Waals surface area contributed by atoms with Crippen molar-refractivity contribution in [3.63, 3.8) is 0 Å². The summed E-state index contributed by atoms with van der Waals surface area (Å²) in [5, 5.41) is 0. The van der Waals surface area contributed by atoms with Gasteiger partial charge in [-0.2, -0.15) is 17.0 Å². The maximum atomic E-state index is 12.6. The average Bonchev–Trinajstić information content (AvgIpc) is 2.39. The van der Waals surface area contributed by atoms with Gasteiger partial charge in [0.2, 0.25) is 0 Å². The molecule has 2 fully saturated rings. The van der Waals surface area contributed by atoms with Gasteiger partial charge in [0, 0.05) is 32.2 Å². The zero-order valence-electron chi connectivity index (χ0n) is 10.9. The monoisotopic (exact) mass is 277 g/mol. The molecule has 0 aromatic heterocycles. The molecule has 2 rings (SSSR count). The van der Waals surface area contributed by atoms with Crippen LogP contribution in [0.4, 0.5) is 0 Å². The third-order valence-corrected chi connectivity index (χ3v) is 5.96. The third-order valence-electron chi connectivity index (χ3n) is 3.90. The number of ether oxygens (including phenoxy) is 1. The summed E-state index contributed by atoms with van der Waals surface area (Å²) in [6, 6.07) is -0.0633. The van der Waals surface area contributed by atoms with Crippen molar-refractivity contribution in [3.8, 4) is 0 Å². The predicted octanol–water partition coefficient (Wildman–Crippen LogP) is -0.377. The van der Waals surface area contributed by atoms with Gasteiger partial charge in [0.05, 0.1) is 13.2 Å². The first kappa shape index (κ1) is 14.2. The second-order valence-electron chi connectivity index (χ2n) is 5.05. The molecule has 0 unspecified atom stereocenters. The van der Waals surface area contributed by atoms with Crippen molar-refractivity contribution in [2.24, 2.45) is 11.7 Å². The fourth-order valence-corrected chi connectivity index (χ4v) is 4.68. The Bertz CT molecular complexity index is 368. The van der Waals surface area contributed by atoms with Crippen molar-refractivity contribution in [1.29, 1.82) is 0 Å². The van der Waals surface area contributed by atoms with Crippen LogP contribution in [0.5, 0.6) is 0 Å². The summed E-state index contributed by atoms with van der Waals surface area (Å²) in [6.07, 6.45) is 1.97. The lowest BCUT2D eigenvalue weighted by Crippen LogP contribution is -2.57. The largest absolute Gasteiger partial charge is 0.379 e. The van der Waals surface area contributed by atoms with E-state index < -0.39 is 10.2 Å². The molecule has 2 saturated heterocycles. The molecule has 0 spiro atoms. The highest BCUT2D eigenvalue weighted by Gasteiger charge is 2.39. The normalized spacial score (nSPS) is 32.6. The SMILES string of the molecule is C[C@@H]1CCCN(S(=O)(=O)N2CCOCC2)[C@H]1CN. The van der Waals surface area contributed by atoms with Crippen LogP contribution in [0.3, 0.4) is 0 Å². The molecule has 2 aliphatic rings. The van der Waals surface area contributed by atoms with Crippen molar-refractivity contribution in [1.82, 2.24) is 8.61 Å². The summed E-state index contributed by atoms with van der Waals surface area (Å²) in [6.45, 7) is 4.93. The molecule has 6 nitrogen and oxygen atoms in total. The number of nitrogens with two attached hydrogens (primary N) is 1. The van der Waals surface area contributed by atoms with Gasteiger partial charge < -0.3 is 10.5 Å². The topological polar surface area (TPSA) is 75.9 Å². The number of hydrogen-bond acceptors (Lipinski definition) is 4. The Kier molecular flexibility index (Phi) is 4.60. The Balaban J connectivity index is 2.16. The molecule has 106 valence electrons. The molecule has 0 aliphatic carbocycles. The summed E-state index contributed by atoms with van der Waals surface area (Å²) in [7, 11) is -3.37. The lowest BCUT2D eigenvalue weighted by atomic mass is 9.93. The van der Waals surface area contributed by atoms with E-state index in [9.17, 15) is 8.42 Å². The van der Waals surface area contributed by atoms with E-state index in [0.29, 0.717) is 45.3 Å². The van der Waals surface area contributed by atoms with Crippen LogP contribution in [-0.4, -0.2) is 62.5 Å². The molecule has 2 atom stereocenters. The molecular formula is C11H23N3O3S. The molecule has 2 heterocycles. The number of nitrogens with zero attached hydrogens (tertiary/aromatic N) is 2. The fourth-order valence-electron chi connectivity index (χ4n) is 2.77. The molecule has 0 bridgehead atoms. The highest BCUT2D eigenvalue weighted by atomic mass is 32.2. The standard InChI is InChI=1S/C11H23N3O3S/c1-10-3-2-4-14(11(10)9-12)18(15,16)13-5-7-17-8-6-13/h10-11H,2-9,12H2,1H3/t10-,11+/m1/s1. The van der Waals surface area contributed by atoms with Crippen LogP contribution in [0.15, 0.2) is 0 Å². The van der Waals surface area contributed by atoms with Gasteiger partial charge in [0.1, 0.15) is 0 Å². The minimum atomic E-state index is -3.37. The van der Waals surface area contributed by atoms with Gasteiger partial charge in [-0.1, -0.05) is 6.92 Å². The van der Waals surface area contributed by atoms with E-state index in [1.807, 2.05) is 0 Å². The minimum absolute atomic E-state index is 0.0633. The van der Waals surface area contributed by atoms with Crippen molar-refractivity contribution in [2.75, 3.05) is 39.4 Å².